The summed E-state index contributed by atoms with van der Waals surface area (Å²) in [5, 5.41) is 0.701. The van der Waals surface area contributed by atoms with Gasteiger partial charge in [0.15, 0.2) is 0 Å². The van der Waals surface area contributed by atoms with Gasteiger partial charge in [-0.05, 0) is 12.1 Å². The van der Waals surface area contributed by atoms with Crippen LogP contribution >= 0.6 is 23.2 Å². The summed E-state index contributed by atoms with van der Waals surface area (Å²) < 4.78 is 5.00. The van der Waals surface area contributed by atoms with E-state index in [1.165, 1.54) is 7.11 Å². The van der Waals surface area contributed by atoms with Crippen molar-refractivity contribution < 1.29 is 4.74 Å². The lowest BCUT2D eigenvalue weighted by molar-refractivity contribution is 0.415. The maximum atomic E-state index is 5.98. The van der Waals surface area contributed by atoms with E-state index >= 15 is 0 Å². The van der Waals surface area contributed by atoms with Gasteiger partial charge in [-0.15, -0.1) is 0 Å². The van der Waals surface area contributed by atoms with Gasteiger partial charge in [0.2, 0.25) is 0 Å². The molecule has 0 aliphatic carbocycles. The van der Waals surface area contributed by atoms with Gasteiger partial charge in [0, 0.05) is 12.6 Å². The van der Waals surface area contributed by atoms with Gasteiger partial charge in [0.05, 0.1) is 12.1 Å². The molecule has 5 heteroatoms. The van der Waals surface area contributed by atoms with E-state index in [0.29, 0.717) is 27.2 Å². The first-order valence-electron chi connectivity index (χ1n) is 3.86. The fourth-order valence-corrected chi connectivity index (χ4v) is 1.50. The van der Waals surface area contributed by atoms with Crippen molar-refractivity contribution in [3.63, 3.8) is 0 Å². The molecule has 1 aromatic carbocycles. The Kier molecular flexibility index (Phi) is 3.61. The molecule has 0 unspecified atom stereocenters. The lowest BCUT2D eigenvalue weighted by Crippen LogP contribution is -2.13. The Morgan fingerprint density at radius 3 is 2.50 bits per heavy atom. The fourth-order valence-electron chi connectivity index (χ4n) is 1.01. The van der Waals surface area contributed by atoms with E-state index < -0.39 is 0 Å². The summed E-state index contributed by atoms with van der Waals surface area (Å²) in [6.45, 7) is 0. The van der Waals surface area contributed by atoms with Gasteiger partial charge < -0.3 is 10.5 Å². The third kappa shape index (κ3) is 1.94. The van der Waals surface area contributed by atoms with Gasteiger partial charge in [0.25, 0.3) is 0 Å². The Morgan fingerprint density at radius 1 is 1.36 bits per heavy atom. The van der Waals surface area contributed by atoms with Crippen molar-refractivity contribution >= 4 is 29.0 Å². The first-order valence-corrected chi connectivity index (χ1v) is 4.62. The Hall–Kier alpha value is -0.930. The van der Waals surface area contributed by atoms with E-state index in [9.17, 15) is 0 Å². The average Bonchev–Trinajstić information content (AvgIpc) is 2.21. The van der Waals surface area contributed by atoms with Crippen LogP contribution in [-0.2, 0) is 0 Å². The molecule has 1 aromatic rings. The number of amidine groups is 1. The minimum Gasteiger partial charge on any atom is -0.495 e. The standard InChI is InChI=1S/C9H10Cl2N2O/c1-13-9(12)5-3-4-6(14-2)8(11)7(5)10/h3-4H,1-2H3,(H2,12,13). The number of benzene rings is 1. The van der Waals surface area contributed by atoms with Gasteiger partial charge in [-0.3, -0.25) is 4.99 Å². The summed E-state index contributed by atoms with van der Waals surface area (Å²) in [4.78, 5) is 3.83. The van der Waals surface area contributed by atoms with Crippen LogP contribution in [0.1, 0.15) is 5.56 Å². The van der Waals surface area contributed by atoms with Crippen molar-refractivity contribution in [1.29, 1.82) is 0 Å². The SMILES string of the molecule is CN=C(N)c1ccc(OC)c(Cl)c1Cl. The molecule has 14 heavy (non-hydrogen) atoms. The third-order valence-electron chi connectivity index (χ3n) is 1.78. The minimum atomic E-state index is 0.346. The molecule has 0 saturated carbocycles. The Bertz CT molecular complexity index is 377. The highest BCUT2D eigenvalue weighted by atomic mass is 35.5. The molecule has 0 aliphatic heterocycles. The predicted molar refractivity (Wildman–Crippen MR) is 59.7 cm³/mol. The third-order valence-corrected chi connectivity index (χ3v) is 2.65. The fraction of sp³-hybridized carbons (Fsp3) is 0.222. The van der Waals surface area contributed by atoms with E-state index in [2.05, 4.69) is 4.99 Å². The molecule has 0 saturated heterocycles. The topological polar surface area (TPSA) is 47.6 Å². The molecule has 0 spiro atoms. The van der Waals surface area contributed by atoms with E-state index in [-0.39, 0.29) is 0 Å². The average molecular weight is 233 g/mol. The molecule has 0 bridgehead atoms. The number of ether oxygens (including phenoxy) is 1. The number of hydrogen-bond acceptors (Lipinski definition) is 2. The second-order valence-corrected chi connectivity index (χ2v) is 3.31. The summed E-state index contributed by atoms with van der Waals surface area (Å²) in [6, 6.07) is 3.41. The van der Waals surface area contributed by atoms with Crippen LogP contribution in [0.15, 0.2) is 17.1 Å². The summed E-state index contributed by atoms with van der Waals surface area (Å²) in [6.07, 6.45) is 0. The lowest BCUT2D eigenvalue weighted by Gasteiger charge is -2.08. The summed E-state index contributed by atoms with van der Waals surface area (Å²) in [7, 11) is 3.11. The highest BCUT2D eigenvalue weighted by molar-refractivity contribution is 6.44. The van der Waals surface area contributed by atoms with Gasteiger partial charge in [-0.2, -0.15) is 0 Å². The number of halogens is 2. The Balaban J connectivity index is 3.31. The van der Waals surface area contributed by atoms with Crippen LogP contribution in [0.3, 0.4) is 0 Å². The Morgan fingerprint density at radius 2 is 2.00 bits per heavy atom. The maximum absolute atomic E-state index is 5.98. The molecule has 1 rings (SSSR count). The molecule has 3 nitrogen and oxygen atoms in total. The van der Waals surface area contributed by atoms with Crippen LogP contribution in [0.4, 0.5) is 0 Å². The number of aliphatic imine (C=N–C) groups is 1. The van der Waals surface area contributed by atoms with Crippen LogP contribution in [-0.4, -0.2) is 20.0 Å². The summed E-state index contributed by atoms with van der Waals surface area (Å²) >= 11 is 11.9. The Labute approximate surface area is 92.5 Å². The molecular formula is C9H10Cl2N2O. The van der Waals surface area contributed by atoms with Crippen molar-refractivity contribution in [3.05, 3.63) is 27.7 Å². The van der Waals surface area contributed by atoms with Gasteiger partial charge in [-0.1, -0.05) is 23.2 Å². The normalized spacial score (nSPS) is 11.6. The first kappa shape index (κ1) is 11.1. The molecular weight excluding hydrogens is 223 g/mol. The molecule has 76 valence electrons. The molecule has 0 aliphatic rings. The van der Waals surface area contributed by atoms with Gasteiger partial charge in [-0.25, -0.2) is 0 Å². The zero-order valence-corrected chi connectivity index (χ0v) is 9.36. The number of rotatable bonds is 2. The molecule has 0 fully saturated rings. The van der Waals surface area contributed by atoms with Crippen molar-refractivity contribution in [1.82, 2.24) is 0 Å². The van der Waals surface area contributed by atoms with Crippen LogP contribution in [0.25, 0.3) is 0 Å². The maximum Gasteiger partial charge on any atom is 0.139 e. The lowest BCUT2D eigenvalue weighted by atomic mass is 10.2. The molecule has 2 N–H and O–H groups in total. The second-order valence-electron chi connectivity index (χ2n) is 2.55. The molecule has 0 atom stereocenters. The largest absolute Gasteiger partial charge is 0.495 e. The zero-order valence-electron chi connectivity index (χ0n) is 7.84. The van der Waals surface area contributed by atoms with Crippen molar-refractivity contribution in [2.24, 2.45) is 10.7 Å². The van der Waals surface area contributed by atoms with Crippen LogP contribution in [0, 0.1) is 0 Å². The van der Waals surface area contributed by atoms with Crippen molar-refractivity contribution in [2.75, 3.05) is 14.2 Å². The zero-order chi connectivity index (χ0) is 10.7. The summed E-state index contributed by atoms with van der Waals surface area (Å²) in [5.74, 6) is 0.865. The summed E-state index contributed by atoms with van der Waals surface area (Å²) in [5.41, 5.74) is 6.23. The van der Waals surface area contributed by atoms with E-state index in [4.69, 9.17) is 33.7 Å². The molecule has 0 radical (unpaired) electrons. The number of methoxy groups -OCH3 is 1. The molecule has 0 aromatic heterocycles. The predicted octanol–water partition coefficient (Wildman–Crippen LogP) is 2.34. The first-order chi connectivity index (χ1) is 6.61. The van der Waals surface area contributed by atoms with Crippen LogP contribution < -0.4 is 10.5 Å². The highest BCUT2D eigenvalue weighted by Gasteiger charge is 2.12. The monoisotopic (exact) mass is 232 g/mol. The smallest absolute Gasteiger partial charge is 0.139 e. The van der Waals surface area contributed by atoms with E-state index in [1.807, 2.05) is 0 Å². The van der Waals surface area contributed by atoms with Gasteiger partial charge >= 0.3 is 0 Å². The van der Waals surface area contributed by atoms with E-state index in [1.54, 1.807) is 19.2 Å². The number of nitrogens with two attached hydrogens (primary N) is 1. The number of hydrogen-bond donors (Lipinski definition) is 1. The number of nitrogens with zero attached hydrogens (tertiary/aromatic N) is 1. The second kappa shape index (κ2) is 4.53. The molecule has 0 amide bonds. The van der Waals surface area contributed by atoms with Crippen molar-refractivity contribution in [3.8, 4) is 5.75 Å². The quantitative estimate of drug-likeness (QED) is 0.629. The minimum absolute atomic E-state index is 0.346. The van der Waals surface area contributed by atoms with Crippen LogP contribution in [0.2, 0.25) is 10.0 Å². The van der Waals surface area contributed by atoms with Gasteiger partial charge in [0.1, 0.15) is 16.6 Å². The highest BCUT2D eigenvalue weighted by Crippen LogP contribution is 2.34. The molecule has 0 heterocycles. The van der Waals surface area contributed by atoms with Crippen molar-refractivity contribution in [2.45, 2.75) is 0 Å². The van der Waals surface area contributed by atoms with E-state index in [0.717, 1.165) is 0 Å². The van der Waals surface area contributed by atoms with Crippen LogP contribution in [0.5, 0.6) is 5.75 Å².